The molecule has 3 rings (SSSR count). The van der Waals surface area contributed by atoms with Crippen LogP contribution in [-0.2, 0) is 6.54 Å². The number of rotatable bonds is 3. The first-order valence-corrected chi connectivity index (χ1v) is 7.35. The topological polar surface area (TPSA) is 44.0 Å². The van der Waals surface area contributed by atoms with Crippen molar-refractivity contribution in [3.63, 3.8) is 0 Å². The van der Waals surface area contributed by atoms with Crippen molar-refractivity contribution in [3.8, 4) is 5.69 Å². The van der Waals surface area contributed by atoms with Crippen molar-refractivity contribution in [2.24, 2.45) is 0 Å². The van der Waals surface area contributed by atoms with E-state index in [0.29, 0.717) is 16.3 Å². The van der Waals surface area contributed by atoms with Crippen LogP contribution in [0.3, 0.4) is 0 Å². The molecule has 7 heteroatoms. The minimum Gasteiger partial charge on any atom is -0.305 e. The maximum Gasteiger partial charge on any atom is 0.320 e. The molecule has 0 saturated carbocycles. The third-order valence-electron chi connectivity index (χ3n) is 3.50. The molecule has 0 radical (unpaired) electrons. The molecular formula is C17H11ClF2N2O2. The van der Waals surface area contributed by atoms with E-state index in [-0.39, 0.29) is 6.54 Å². The lowest BCUT2D eigenvalue weighted by molar-refractivity contribution is 0.506. The Morgan fingerprint density at radius 1 is 0.875 bits per heavy atom. The normalized spacial score (nSPS) is 10.8. The average Bonchev–Trinajstić information content (AvgIpc) is 2.56. The number of aromatic nitrogens is 2. The SMILES string of the molecule is O=c1c(=O)n(-c2ccc(Cl)cc2)ccn1Cc1ccc(F)c(F)c1. The molecule has 0 aliphatic heterocycles. The van der Waals surface area contributed by atoms with Crippen molar-refractivity contribution in [2.75, 3.05) is 0 Å². The van der Waals surface area contributed by atoms with Gasteiger partial charge in [0.15, 0.2) is 11.6 Å². The first-order valence-electron chi connectivity index (χ1n) is 6.97. The van der Waals surface area contributed by atoms with E-state index in [1.165, 1.54) is 23.0 Å². The summed E-state index contributed by atoms with van der Waals surface area (Å²) in [6.45, 7) is -0.0350. The van der Waals surface area contributed by atoms with Crippen LogP contribution in [0.4, 0.5) is 8.78 Å². The fourth-order valence-corrected chi connectivity index (χ4v) is 2.40. The van der Waals surface area contributed by atoms with Crippen molar-refractivity contribution in [3.05, 3.63) is 97.8 Å². The first-order chi connectivity index (χ1) is 11.5. The Kier molecular flexibility index (Phi) is 4.31. The Labute approximate surface area is 140 Å². The Balaban J connectivity index is 1.98. The molecule has 0 bridgehead atoms. The van der Waals surface area contributed by atoms with E-state index in [2.05, 4.69) is 0 Å². The minimum atomic E-state index is -1.00. The van der Waals surface area contributed by atoms with Crippen LogP contribution in [0.2, 0.25) is 5.02 Å². The molecule has 0 amide bonds. The highest BCUT2D eigenvalue weighted by atomic mass is 35.5. The zero-order chi connectivity index (χ0) is 17.3. The molecule has 0 aliphatic carbocycles. The minimum absolute atomic E-state index is 0.0350. The summed E-state index contributed by atoms with van der Waals surface area (Å²) in [5.41, 5.74) is -0.638. The van der Waals surface area contributed by atoms with Crippen LogP contribution in [0.1, 0.15) is 5.56 Å². The molecule has 4 nitrogen and oxygen atoms in total. The summed E-state index contributed by atoms with van der Waals surface area (Å²) < 4.78 is 28.5. The number of hydrogen-bond acceptors (Lipinski definition) is 2. The van der Waals surface area contributed by atoms with Crippen LogP contribution in [-0.4, -0.2) is 9.13 Å². The monoisotopic (exact) mass is 348 g/mol. The van der Waals surface area contributed by atoms with Gasteiger partial charge in [-0.2, -0.15) is 0 Å². The Bertz CT molecular complexity index is 1010. The lowest BCUT2D eigenvalue weighted by atomic mass is 10.2. The third kappa shape index (κ3) is 3.14. The predicted molar refractivity (Wildman–Crippen MR) is 86.8 cm³/mol. The van der Waals surface area contributed by atoms with Crippen molar-refractivity contribution in [1.29, 1.82) is 0 Å². The van der Waals surface area contributed by atoms with E-state index in [0.717, 1.165) is 16.7 Å². The second-order valence-corrected chi connectivity index (χ2v) is 5.57. The molecule has 24 heavy (non-hydrogen) atoms. The standard InChI is InChI=1S/C17H11ClF2N2O2/c18-12-2-4-13(5-3-12)22-8-7-21(16(23)17(22)24)10-11-1-6-14(19)15(20)9-11/h1-9H,10H2. The lowest BCUT2D eigenvalue weighted by Gasteiger charge is -2.09. The van der Waals surface area contributed by atoms with Crippen LogP contribution in [0.5, 0.6) is 0 Å². The number of halogens is 3. The van der Waals surface area contributed by atoms with E-state index in [1.54, 1.807) is 24.3 Å². The fraction of sp³-hybridized carbons (Fsp3) is 0.0588. The summed E-state index contributed by atoms with van der Waals surface area (Å²) in [6, 6.07) is 9.77. The van der Waals surface area contributed by atoms with E-state index in [4.69, 9.17) is 11.6 Å². The van der Waals surface area contributed by atoms with Gasteiger partial charge in [0.2, 0.25) is 0 Å². The summed E-state index contributed by atoms with van der Waals surface area (Å²) in [4.78, 5) is 24.5. The number of nitrogens with zero attached hydrogens (tertiary/aromatic N) is 2. The Hall–Kier alpha value is -2.73. The highest BCUT2D eigenvalue weighted by Gasteiger charge is 2.09. The second kappa shape index (κ2) is 6.41. The van der Waals surface area contributed by atoms with Gasteiger partial charge < -0.3 is 4.57 Å². The quantitative estimate of drug-likeness (QED) is 0.683. The zero-order valence-corrected chi connectivity index (χ0v) is 13.0. The predicted octanol–water partition coefficient (Wildman–Crippen LogP) is 2.98. The molecule has 0 saturated heterocycles. The van der Waals surface area contributed by atoms with Crippen LogP contribution in [0.25, 0.3) is 5.69 Å². The van der Waals surface area contributed by atoms with Crippen LogP contribution in [0.15, 0.2) is 64.4 Å². The molecule has 0 fully saturated rings. The van der Waals surface area contributed by atoms with Crippen molar-refractivity contribution < 1.29 is 8.78 Å². The zero-order valence-electron chi connectivity index (χ0n) is 12.2. The maximum atomic E-state index is 13.2. The fourth-order valence-electron chi connectivity index (χ4n) is 2.27. The van der Waals surface area contributed by atoms with Gasteiger partial charge >= 0.3 is 11.1 Å². The number of benzene rings is 2. The molecule has 0 N–H and O–H groups in total. The van der Waals surface area contributed by atoms with Gasteiger partial charge in [-0.05, 0) is 42.0 Å². The van der Waals surface area contributed by atoms with E-state index in [9.17, 15) is 18.4 Å². The molecule has 0 spiro atoms. The molecule has 1 heterocycles. The molecule has 2 aromatic carbocycles. The molecule has 1 aromatic heterocycles. The Morgan fingerprint density at radius 3 is 2.25 bits per heavy atom. The molecule has 0 unspecified atom stereocenters. The summed E-state index contributed by atoms with van der Waals surface area (Å²) in [5.74, 6) is -1.97. The van der Waals surface area contributed by atoms with Gasteiger partial charge in [-0.15, -0.1) is 0 Å². The van der Waals surface area contributed by atoms with Crippen LogP contribution >= 0.6 is 11.6 Å². The summed E-state index contributed by atoms with van der Waals surface area (Å²) in [5, 5.41) is 0.512. The van der Waals surface area contributed by atoms with Gasteiger partial charge in [-0.25, -0.2) is 8.78 Å². The van der Waals surface area contributed by atoms with Crippen molar-refractivity contribution >= 4 is 11.6 Å². The van der Waals surface area contributed by atoms with Gasteiger partial charge in [0.1, 0.15) is 0 Å². The molecule has 3 aromatic rings. The molecule has 122 valence electrons. The van der Waals surface area contributed by atoms with E-state index >= 15 is 0 Å². The smallest absolute Gasteiger partial charge is 0.305 e. The van der Waals surface area contributed by atoms with Crippen molar-refractivity contribution in [2.45, 2.75) is 6.54 Å². The Morgan fingerprint density at radius 2 is 1.58 bits per heavy atom. The van der Waals surface area contributed by atoms with Gasteiger partial charge in [-0.1, -0.05) is 17.7 Å². The van der Waals surface area contributed by atoms with Crippen molar-refractivity contribution in [1.82, 2.24) is 9.13 Å². The molecule has 0 atom stereocenters. The third-order valence-corrected chi connectivity index (χ3v) is 3.75. The summed E-state index contributed by atoms with van der Waals surface area (Å²) in [6.07, 6.45) is 2.85. The van der Waals surface area contributed by atoms with Gasteiger partial charge in [0, 0.05) is 23.1 Å². The lowest BCUT2D eigenvalue weighted by Crippen LogP contribution is -2.40. The van der Waals surface area contributed by atoms with Crippen LogP contribution in [0, 0.1) is 11.6 Å². The number of hydrogen-bond donors (Lipinski definition) is 0. The highest BCUT2D eigenvalue weighted by Crippen LogP contribution is 2.12. The molecular weight excluding hydrogens is 338 g/mol. The van der Waals surface area contributed by atoms with Crippen LogP contribution < -0.4 is 11.1 Å². The molecule has 0 aliphatic rings. The van der Waals surface area contributed by atoms with E-state index < -0.39 is 22.8 Å². The average molecular weight is 349 g/mol. The maximum absolute atomic E-state index is 13.2. The first kappa shape index (κ1) is 16.1. The van der Waals surface area contributed by atoms with Gasteiger partial charge in [-0.3, -0.25) is 14.2 Å². The van der Waals surface area contributed by atoms with Gasteiger partial charge in [0.05, 0.1) is 6.54 Å². The largest absolute Gasteiger partial charge is 0.320 e. The second-order valence-electron chi connectivity index (χ2n) is 5.13. The van der Waals surface area contributed by atoms with E-state index in [1.807, 2.05) is 0 Å². The summed E-state index contributed by atoms with van der Waals surface area (Å²) >= 11 is 5.80. The highest BCUT2D eigenvalue weighted by molar-refractivity contribution is 6.30. The van der Waals surface area contributed by atoms with Gasteiger partial charge in [0.25, 0.3) is 0 Å². The summed E-state index contributed by atoms with van der Waals surface area (Å²) in [7, 11) is 0.